The Bertz CT molecular complexity index is 1480. The lowest BCUT2D eigenvalue weighted by atomic mass is 9.95. The second-order valence-electron chi connectivity index (χ2n) is 12.6. The third-order valence-electron chi connectivity index (χ3n) is 8.12. The van der Waals surface area contributed by atoms with E-state index < -0.39 is 12.1 Å². The van der Waals surface area contributed by atoms with Gasteiger partial charge in [0.1, 0.15) is 12.6 Å². The highest BCUT2D eigenvalue weighted by Crippen LogP contribution is 2.26. The van der Waals surface area contributed by atoms with Gasteiger partial charge in [-0.2, -0.15) is 0 Å². The molecular formula is C36H49N7O4S2. The fraction of sp³-hybridized carbons (Fsp3) is 0.444. The number of alkyl carbamates (subject to hydrolysis) is 1. The standard InChI is InChI=1S/C36H49N7O4S2/c1-25(2)34-40-30(23-48-34)21-43(3)35(45)42-32(16-17-37)33(44)39-28(18-26-10-6-4-7-11-26)14-15-29(19-27-12-8-5-9-13-27)41-36(46)47-22-31-20-38-24-49-31/h4-13,20,23-25,28-29,32,34,40H,14-19,21-22,37H2,1-3H3,(H,39,44)(H,41,46)(H,42,45). The van der Waals surface area contributed by atoms with Crippen LogP contribution in [0.3, 0.4) is 0 Å². The van der Waals surface area contributed by atoms with Gasteiger partial charge in [-0.1, -0.05) is 74.5 Å². The van der Waals surface area contributed by atoms with Crippen LogP contribution in [0.4, 0.5) is 9.59 Å². The van der Waals surface area contributed by atoms with Crippen molar-refractivity contribution in [1.29, 1.82) is 0 Å². The third kappa shape index (κ3) is 13.1. The number of hydrogen-bond acceptors (Lipinski definition) is 9. The van der Waals surface area contributed by atoms with Crippen molar-refractivity contribution in [2.75, 3.05) is 20.1 Å². The van der Waals surface area contributed by atoms with Gasteiger partial charge >= 0.3 is 12.1 Å². The average molecular weight is 708 g/mol. The van der Waals surface area contributed by atoms with Gasteiger partial charge in [0.05, 0.1) is 22.3 Å². The zero-order valence-electron chi connectivity index (χ0n) is 28.5. The second-order valence-corrected chi connectivity index (χ2v) is 14.6. The Morgan fingerprint density at radius 1 is 0.939 bits per heavy atom. The summed E-state index contributed by atoms with van der Waals surface area (Å²) in [6, 6.07) is 18.2. The Morgan fingerprint density at radius 3 is 2.12 bits per heavy atom. The highest BCUT2D eigenvalue weighted by atomic mass is 32.2. The first-order valence-corrected chi connectivity index (χ1v) is 18.5. The summed E-state index contributed by atoms with van der Waals surface area (Å²) in [5, 5.41) is 14.9. The molecule has 0 saturated heterocycles. The fourth-order valence-electron chi connectivity index (χ4n) is 5.45. The molecule has 0 spiro atoms. The molecule has 0 bridgehead atoms. The number of likely N-dealkylation sites (N-methyl/N-ethyl adjacent to an activating group) is 1. The smallest absolute Gasteiger partial charge is 0.407 e. The molecule has 1 aliphatic heterocycles. The van der Waals surface area contributed by atoms with Crippen LogP contribution in [0.25, 0.3) is 0 Å². The number of nitrogens with zero attached hydrogens (tertiary/aromatic N) is 2. The number of carbonyl (C=O) groups is 3. The number of thioether (sulfide) groups is 1. The summed E-state index contributed by atoms with van der Waals surface area (Å²) in [5.41, 5.74) is 10.7. The molecule has 4 amide bonds. The fourth-order valence-corrected chi connectivity index (χ4v) is 6.94. The first kappa shape index (κ1) is 37.7. The van der Waals surface area contributed by atoms with E-state index in [1.165, 1.54) is 11.3 Å². The largest absolute Gasteiger partial charge is 0.444 e. The molecule has 1 aliphatic rings. The van der Waals surface area contributed by atoms with Crippen LogP contribution < -0.4 is 27.0 Å². The molecule has 0 saturated carbocycles. The van der Waals surface area contributed by atoms with E-state index >= 15 is 0 Å². The number of ether oxygens (including phenoxy) is 1. The van der Waals surface area contributed by atoms with Crippen molar-refractivity contribution in [2.45, 2.75) is 76.1 Å². The number of hydrogen-bond donors (Lipinski definition) is 5. The van der Waals surface area contributed by atoms with Crippen LogP contribution >= 0.6 is 23.1 Å². The van der Waals surface area contributed by atoms with E-state index in [0.29, 0.717) is 44.6 Å². The van der Waals surface area contributed by atoms with E-state index in [0.717, 1.165) is 21.7 Å². The van der Waals surface area contributed by atoms with Crippen molar-refractivity contribution in [3.05, 3.63) is 99.5 Å². The molecule has 0 fully saturated rings. The summed E-state index contributed by atoms with van der Waals surface area (Å²) in [6.45, 7) is 5.09. The van der Waals surface area contributed by atoms with Gasteiger partial charge in [-0.3, -0.25) is 9.78 Å². The molecule has 49 heavy (non-hydrogen) atoms. The molecule has 0 aliphatic carbocycles. The molecule has 4 rings (SSSR count). The van der Waals surface area contributed by atoms with Gasteiger partial charge in [-0.25, -0.2) is 9.59 Å². The minimum atomic E-state index is -0.804. The van der Waals surface area contributed by atoms with Crippen LogP contribution in [-0.2, 0) is 29.0 Å². The maximum Gasteiger partial charge on any atom is 0.407 e. The Labute approximate surface area is 297 Å². The molecule has 2 aromatic carbocycles. The predicted molar refractivity (Wildman–Crippen MR) is 197 cm³/mol. The van der Waals surface area contributed by atoms with Crippen LogP contribution in [0.15, 0.2) is 83.5 Å². The highest BCUT2D eigenvalue weighted by molar-refractivity contribution is 8.03. The zero-order valence-corrected chi connectivity index (χ0v) is 30.1. The number of urea groups is 1. The summed E-state index contributed by atoms with van der Waals surface area (Å²) >= 11 is 3.14. The Morgan fingerprint density at radius 2 is 1.57 bits per heavy atom. The third-order valence-corrected chi connectivity index (χ3v) is 10.3. The number of carbonyl (C=O) groups excluding carboxylic acids is 3. The quantitative estimate of drug-likeness (QED) is 0.124. The van der Waals surface area contributed by atoms with Crippen molar-refractivity contribution in [3.63, 3.8) is 0 Å². The van der Waals surface area contributed by atoms with Gasteiger partial charge < -0.3 is 36.6 Å². The molecule has 4 unspecified atom stereocenters. The highest BCUT2D eigenvalue weighted by Gasteiger charge is 2.27. The van der Waals surface area contributed by atoms with Crippen LogP contribution in [0, 0.1) is 5.92 Å². The number of amides is 4. The second kappa shape index (κ2) is 19.8. The topological polar surface area (TPSA) is 151 Å². The van der Waals surface area contributed by atoms with E-state index in [4.69, 9.17) is 10.5 Å². The molecule has 0 radical (unpaired) electrons. The van der Waals surface area contributed by atoms with Gasteiger partial charge in [-0.05, 0) is 61.1 Å². The van der Waals surface area contributed by atoms with Crippen LogP contribution in [0.1, 0.15) is 49.1 Å². The summed E-state index contributed by atoms with van der Waals surface area (Å²) < 4.78 is 5.48. The number of benzene rings is 2. The van der Waals surface area contributed by atoms with Gasteiger partial charge in [-0.15, -0.1) is 23.1 Å². The van der Waals surface area contributed by atoms with Gasteiger partial charge in [0.15, 0.2) is 0 Å². The first-order valence-electron chi connectivity index (χ1n) is 16.7. The van der Waals surface area contributed by atoms with Crippen LogP contribution in [-0.4, -0.2) is 71.6 Å². The summed E-state index contributed by atoms with van der Waals surface area (Å²) in [6.07, 6.45) is 3.80. The monoisotopic (exact) mass is 707 g/mol. The Kier molecular flexibility index (Phi) is 15.3. The lowest BCUT2D eigenvalue weighted by Crippen LogP contribution is -2.53. The van der Waals surface area contributed by atoms with Gasteiger partial charge in [0.2, 0.25) is 5.91 Å². The summed E-state index contributed by atoms with van der Waals surface area (Å²) in [5.74, 6) is 0.157. The van der Waals surface area contributed by atoms with Gasteiger partial charge in [0, 0.05) is 31.0 Å². The minimum Gasteiger partial charge on any atom is -0.444 e. The summed E-state index contributed by atoms with van der Waals surface area (Å²) in [4.78, 5) is 46.3. The van der Waals surface area contributed by atoms with E-state index in [2.05, 4.69) is 40.1 Å². The Balaban J connectivity index is 1.40. The van der Waals surface area contributed by atoms with Gasteiger partial charge in [0.25, 0.3) is 0 Å². The number of nitrogens with two attached hydrogens (primary N) is 1. The first-order chi connectivity index (χ1) is 23.7. The normalized spacial score (nSPS) is 15.8. The van der Waals surface area contributed by atoms with Crippen molar-refractivity contribution < 1.29 is 19.1 Å². The van der Waals surface area contributed by atoms with Crippen molar-refractivity contribution >= 4 is 41.1 Å². The molecule has 13 heteroatoms. The van der Waals surface area contributed by atoms with Crippen LogP contribution in [0.5, 0.6) is 0 Å². The maximum absolute atomic E-state index is 13.7. The SMILES string of the molecule is CC(C)C1NC(CN(C)C(=O)NC(CCN)C(=O)NC(CCC(Cc2ccccc2)NC(=O)OCc2cncs2)Cc2ccccc2)=CS1. The predicted octanol–water partition coefficient (Wildman–Crippen LogP) is 5.01. The number of nitrogens with one attached hydrogen (secondary N) is 4. The minimum absolute atomic E-state index is 0.149. The van der Waals surface area contributed by atoms with Crippen molar-refractivity contribution in [2.24, 2.45) is 11.7 Å². The maximum atomic E-state index is 13.7. The Hall–Kier alpha value is -4.07. The molecule has 4 atom stereocenters. The molecule has 6 N–H and O–H groups in total. The molecule has 3 aromatic rings. The molecule has 1 aromatic heterocycles. The molecule has 2 heterocycles. The number of aromatic nitrogens is 1. The van der Waals surface area contributed by atoms with Crippen LogP contribution in [0.2, 0.25) is 0 Å². The molecule has 264 valence electrons. The van der Waals surface area contributed by atoms with Crippen molar-refractivity contribution in [1.82, 2.24) is 31.2 Å². The van der Waals surface area contributed by atoms with E-state index in [1.807, 2.05) is 66.1 Å². The van der Waals surface area contributed by atoms with E-state index in [-0.39, 0.29) is 42.5 Å². The summed E-state index contributed by atoms with van der Waals surface area (Å²) in [7, 11) is 1.71. The lowest BCUT2D eigenvalue weighted by molar-refractivity contribution is -0.123. The molecule has 11 nitrogen and oxygen atoms in total. The lowest BCUT2D eigenvalue weighted by Gasteiger charge is -2.27. The number of thiazole rings is 1. The van der Waals surface area contributed by atoms with E-state index in [9.17, 15) is 14.4 Å². The average Bonchev–Trinajstić information content (AvgIpc) is 3.80. The zero-order chi connectivity index (χ0) is 35.0. The van der Waals surface area contributed by atoms with Crippen molar-refractivity contribution in [3.8, 4) is 0 Å². The molecular weight excluding hydrogens is 659 g/mol. The van der Waals surface area contributed by atoms with E-state index in [1.54, 1.807) is 35.4 Å². The number of rotatable bonds is 18.